The lowest BCUT2D eigenvalue weighted by atomic mass is 9.99. The quantitative estimate of drug-likeness (QED) is 0.717. The molecule has 0 bridgehead atoms. The van der Waals surface area contributed by atoms with Gasteiger partial charge in [0, 0.05) is 29.6 Å². The minimum absolute atomic E-state index is 0.452. The summed E-state index contributed by atoms with van der Waals surface area (Å²) in [5.74, 6) is 0. The number of aromatic nitrogens is 1. The molecule has 0 spiro atoms. The van der Waals surface area contributed by atoms with Gasteiger partial charge in [-0.25, -0.2) is 0 Å². The standard InChI is InChI=1S/C11H16N2/c1-3-4-10-9-5-6-12-11(9)7-8(2)13-10/h5-6,8,12H,3-4,7H2,1-2H3. The Hall–Kier alpha value is -1.05. The predicted octanol–water partition coefficient (Wildman–Crippen LogP) is 2.55. The van der Waals surface area contributed by atoms with Crippen LogP contribution in [0.25, 0.3) is 0 Å². The van der Waals surface area contributed by atoms with Crippen LogP contribution in [0.1, 0.15) is 37.9 Å². The van der Waals surface area contributed by atoms with Crippen LogP contribution in [0.3, 0.4) is 0 Å². The van der Waals surface area contributed by atoms with Gasteiger partial charge in [-0.2, -0.15) is 0 Å². The first-order valence-electron chi connectivity index (χ1n) is 5.04. The van der Waals surface area contributed by atoms with Crippen molar-refractivity contribution in [3.05, 3.63) is 23.5 Å². The maximum atomic E-state index is 4.68. The SMILES string of the molecule is CCCC1=NC(C)Cc2[nH]ccc21. The van der Waals surface area contributed by atoms with Crippen molar-refractivity contribution in [2.45, 2.75) is 39.2 Å². The van der Waals surface area contributed by atoms with E-state index < -0.39 is 0 Å². The molecule has 1 aliphatic heterocycles. The van der Waals surface area contributed by atoms with Crippen LogP contribution in [0, 0.1) is 0 Å². The number of H-pyrrole nitrogens is 1. The van der Waals surface area contributed by atoms with Gasteiger partial charge in [0.05, 0.1) is 6.04 Å². The Morgan fingerprint density at radius 3 is 3.23 bits per heavy atom. The van der Waals surface area contributed by atoms with Crippen LogP contribution in [0.2, 0.25) is 0 Å². The molecule has 0 aromatic carbocycles. The average molecular weight is 176 g/mol. The van der Waals surface area contributed by atoms with Crippen LogP contribution in [-0.4, -0.2) is 16.7 Å². The van der Waals surface area contributed by atoms with Crippen LogP contribution in [-0.2, 0) is 6.42 Å². The highest BCUT2D eigenvalue weighted by atomic mass is 14.8. The van der Waals surface area contributed by atoms with Gasteiger partial charge in [-0.05, 0) is 19.4 Å². The molecule has 0 fully saturated rings. The first-order chi connectivity index (χ1) is 6.31. The molecule has 2 heteroatoms. The van der Waals surface area contributed by atoms with Gasteiger partial charge in [0.1, 0.15) is 0 Å². The number of nitrogens with one attached hydrogen (secondary N) is 1. The molecule has 1 N–H and O–H groups in total. The highest BCUT2D eigenvalue weighted by Gasteiger charge is 2.17. The van der Waals surface area contributed by atoms with Crippen molar-refractivity contribution < 1.29 is 0 Å². The molecule has 13 heavy (non-hydrogen) atoms. The third kappa shape index (κ3) is 1.53. The van der Waals surface area contributed by atoms with Crippen LogP contribution in [0.5, 0.6) is 0 Å². The maximum Gasteiger partial charge on any atom is 0.0529 e. The van der Waals surface area contributed by atoms with Gasteiger partial charge in [-0.1, -0.05) is 13.3 Å². The normalized spacial score (nSPS) is 21.1. The number of aromatic amines is 1. The third-order valence-electron chi connectivity index (χ3n) is 2.51. The summed E-state index contributed by atoms with van der Waals surface area (Å²) in [6.45, 7) is 4.38. The fourth-order valence-electron chi connectivity index (χ4n) is 1.96. The van der Waals surface area contributed by atoms with Crippen LogP contribution < -0.4 is 0 Å². The van der Waals surface area contributed by atoms with E-state index in [2.05, 4.69) is 29.9 Å². The molecule has 0 aliphatic carbocycles. The van der Waals surface area contributed by atoms with E-state index in [4.69, 9.17) is 0 Å². The summed E-state index contributed by atoms with van der Waals surface area (Å²) in [5, 5.41) is 0. The molecule has 1 unspecified atom stereocenters. The Bertz CT molecular complexity index is 323. The summed E-state index contributed by atoms with van der Waals surface area (Å²) in [4.78, 5) is 7.98. The first-order valence-corrected chi connectivity index (χ1v) is 5.04. The Labute approximate surface area is 79.1 Å². The second-order valence-corrected chi connectivity index (χ2v) is 3.75. The lowest BCUT2D eigenvalue weighted by molar-refractivity contribution is 0.708. The highest BCUT2D eigenvalue weighted by Crippen LogP contribution is 2.20. The van der Waals surface area contributed by atoms with Gasteiger partial charge in [-0.15, -0.1) is 0 Å². The molecule has 1 aromatic heterocycles. The average Bonchev–Trinajstić information content (AvgIpc) is 2.52. The van der Waals surface area contributed by atoms with Crippen molar-refractivity contribution >= 4 is 5.71 Å². The summed E-state index contributed by atoms with van der Waals surface area (Å²) in [7, 11) is 0. The van der Waals surface area contributed by atoms with Crippen molar-refractivity contribution in [2.24, 2.45) is 4.99 Å². The lowest BCUT2D eigenvalue weighted by Crippen LogP contribution is -2.17. The minimum atomic E-state index is 0.452. The zero-order valence-electron chi connectivity index (χ0n) is 8.30. The van der Waals surface area contributed by atoms with Crippen LogP contribution in [0.4, 0.5) is 0 Å². The summed E-state index contributed by atoms with van der Waals surface area (Å²) < 4.78 is 0. The number of hydrogen-bond donors (Lipinski definition) is 1. The number of hydrogen-bond acceptors (Lipinski definition) is 1. The first kappa shape index (κ1) is 8.54. The molecule has 0 saturated carbocycles. The smallest absolute Gasteiger partial charge is 0.0529 e. The van der Waals surface area contributed by atoms with E-state index in [-0.39, 0.29) is 0 Å². The molecular formula is C11H16N2. The topological polar surface area (TPSA) is 28.1 Å². The molecule has 2 rings (SSSR count). The van der Waals surface area contributed by atoms with E-state index in [0.717, 1.165) is 12.8 Å². The lowest BCUT2D eigenvalue weighted by Gasteiger charge is -2.17. The summed E-state index contributed by atoms with van der Waals surface area (Å²) >= 11 is 0. The summed E-state index contributed by atoms with van der Waals surface area (Å²) in [6, 6.07) is 2.60. The number of fused-ring (bicyclic) bond motifs is 1. The monoisotopic (exact) mass is 176 g/mol. The molecule has 2 nitrogen and oxygen atoms in total. The molecule has 1 aliphatic rings. The van der Waals surface area contributed by atoms with Crippen molar-refractivity contribution in [1.82, 2.24) is 4.98 Å². The number of nitrogens with zero attached hydrogens (tertiary/aromatic N) is 1. The van der Waals surface area contributed by atoms with Gasteiger partial charge in [0.15, 0.2) is 0 Å². The predicted molar refractivity (Wildman–Crippen MR) is 55.4 cm³/mol. The van der Waals surface area contributed by atoms with Gasteiger partial charge in [-0.3, -0.25) is 4.99 Å². The van der Waals surface area contributed by atoms with Gasteiger partial charge in [0.2, 0.25) is 0 Å². The highest BCUT2D eigenvalue weighted by molar-refractivity contribution is 6.02. The van der Waals surface area contributed by atoms with Crippen molar-refractivity contribution in [3.63, 3.8) is 0 Å². The van der Waals surface area contributed by atoms with Crippen molar-refractivity contribution in [3.8, 4) is 0 Å². The summed E-state index contributed by atoms with van der Waals surface area (Å²) in [6.07, 6.45) is 5.37. The number of aliphatic imine (C=N–C) groups is 1. The van der Waals surface area contributed by atoms with Crippen LogP contribution >= 0.6 is 0 Å². The maximum absolute atomic E-state index is 4.68. The Kier molecular flexibility index (Phi) is 2.21. The fraction of sp³-hybridized carbons (Fsp3) is 0.545. The van der Waals surface area contributed by atoms with Crippen LogP contribution in [0.15, 0.2) is 17.3 Å². The minimum Gasteiger partial charge on any atom is -0.364 e. The Balaban J connectivity index is 2.34. The van der Waals surface area contributed by atoms with E-state index in [1.165, 1.54) is 23.4 Å². The van der Waals surface area contributed by atoms with E-state index in [1.807, 2.05) is 6.20 Å². The third-order valence-corrected chi connectivity index (χ3v) is 2.51. The largest absolute Gasteiger partial charge is 0.364 e. The molecule has 1 atom stereocenters. The zero-order valence-corrected chi connectivity index (χ0v) is 8.30. The second-order valence-electron chi connectivity index (χ2n) is 3.75. The van der Waals surface area contributed by atoms with Crippen molar-refractivity contribution in [1.29, 1.82) is 0 Å². The molecular weight excluding hydrogens is 160 g/mol. The van der Waals surface area contributed by atoms with E-state index in [9.17, 15) is 0 Å². The van der Waals surface area contributed by atoms with E-state index in [1.54, 1.807) is 0 Å². The van der Waals surface area contributed by atoms with Gasteiger partial charge >= 0.3 is 0 Å². The Morgan fingerprint density at radius 2 is 2.46 bits per heavy atom. The molecule has 0 radical (unpaired) electrons. The zero-order chi connectivity index (χ0) is 9.26. The molecule has 0 amide bonds. The van der Waals surface area contributed by atoms with E-state index >= 15 is 0 Å². The molecule has 1 aromatic rings. The Morgan fingerprint density at radius 1 is 1.62 bits per heavy atom. The molecule has 70 valence electrons. The molecule has 0 saturated heterocycles. The molecule has 2 heterocycles. The number of rotatable bonds is 2. The van der Waals surface area contributed by atoms with Gasteiger partial charge in [0.25, 0.3) is 0 Å². The van der Waals surface area contributed by atoms with E-state index in [0.29, 0.717) is 6.04 Å². The second kappa shape index (κ2) is 3.36. The summed E-state index contributed by atoms with van der Waals surface area (Å²) in [5.41, 5.74) is 4.00. The fourth-order valence-corrected chi connectivity index (χ4v) is 1.96. The van der Waals surface area contributed by atoms with Gasteiger partial charge < -0.3 is 4.98 Å². The van der Waals surface area contributed by atoms with Crippen molar-refractivity contribution in [2.75, 3.05) is 0 Å².